The molecule has 27 heteroatoms. The van der Waals surface area contributed by atoms with Gasteiger partial charge >= 0.3 is 65.7 Å². The minimum atomic E-state index is -1.77. The van der Waals surface area contributed by atoms with Gasteiger partial charge in [0.15, 0.2) is 55.3 Å². The fraction of sp³-hybridized carbons (Fsp3) is 0.803. The van der Waals surface area contributed by atoms with E-state index in [1.165, 1.54) is 21.0 Å². The van der Waals surface area contributed by atoms with Crippen molar-refractivity contribution < 1.29 is 129 Å². The van der Waals surface area contributed by atoms with E-state index in [0.717, 1.165) is 54.0 Å². The van der Waals surface area contributed by atoms with E-state index in [-0.39, 0.29) is 36.5 Å². The van der Waals surface area contributed by atoms with E-state index in [4.69, 9.17) is 75.8 Å². The van der Waals surface area contributed by atoms with Crippen LogP contribution in [-0.4, -0.2) is 178 Å². The molecule has 520 valence electrons. The second-order valence-electron chi connectivity index (χ2n) is 27.8. The number of carbonyl (C=O) groups is 11. The Kier molecular flexibility index (Phi) is 22.0. The first-order chi connectivity index (χ1) is 43.5. The lowest BCUT2D eigenvalue weighted by molar-refractivity contribution is -0.359. The third-order valence-corrected chi connectivity index (χ3v) is 21.7. The molecule has 8 rings (SSSR count). The van der Waals surface area contributed by atoms with Crippen molar-refractivity contribution in [3.8, 4) is 0 Å². The van der Waals surface area contributed by atoms with Gasteiger partial charge in [-0.3, -0.25) is 52.7 Å². The summed E-state index contributed by atoms with van der Waals surface area (Å²) in [5.74, 6) is -9.21. The van der Waals surface area contributed by atoms with Gasteiger partial charge in [0.25, 0.3) is 0 Å². The molecule has 7 fully saturated rings. The summed E-state index contributed by atoms with van der Waals surface area (Å²) in [4.78, 5) is 145. The van der Waals surface area contributed by atoms with Gasteiger partial charge in [-0.2, -0.15) is 0 Å². The van der Waals surface area contributed by atoms with Gasteiger partial charge in [0.1, 0.15) is 18.8 Å². The van der Waals surface area contributed by atoms with Crippen LogP contribution in [0.25, 0.3) is 0 Å². The van der Waals surface area contributed by atoms with Crippen LogP contribution in [0.3, 0.4) is 0 Å². The average Bonchev–Trinajstić information content (AvgIpc) is 0.668. The zero-order valence-electron chi connectivity index (χ0n) is 56.4. The highest BCUT2D eigenvalue weighted by atomic mass is 16.8. The van der Waals surface area contributed by atoms with Gasteiger partial charge in [0, 0.05) is 62.3 Å². The van der Waals surface area contributed by atoms with E-state index >= 15 is 9.59 Å². The molecule has 0 aromatic rings. The monoisotopic (exact) mass is 1320 g/mol. The van der Waals surface area contributed by atoms with Crippen molar-refractivity contribution in [2.24, 2.45) is 56.7 Å². The summed E-state index contributed by atoms with van der Waals surface area (Å²) in [5.41, 5.74) is -3.62. The molecular weight excluding hydrogens is 1220 g/mol. The molecule has 0 amide bonds. The lowest BCUT2D eigenvalue weighted by atomic mass is 9.33. The average molecular weight is 1320 g/mol. The van der Waals surface area contributed by atoms with Crippen molar-refractivity contribution in [2.45, 2.75) is 261 Å². The van der Waals surface area contributed by atoms with Crippen molar-refractivity contribution in [3.05, 3.63) is 11.6 Å². The van der Waals surface area contributed by atoms with Gasteiger partial charge in [-0.1, -0.05) is 53.2 Å². The molecule has 0 aromatic heterocycles. The Morgan fingerprint density at radius 2 is 1.03 bits per heavy atom. The van der Waals surface area contributed by atoms with Crippen LogP contribution in [-0.2, 0) is 129 Å². The lowest BCUT2D eigenvalue weighted by Gasteiger charge is -2.71. The molecule has 5 aliphatic carbocycles. The molecule has 3 heterocycles. The Bertz CT molecular complexity index is 2920. The van der Waals surface area contributed by atoms with Crippen LogP contribution in [0.15, 0.2) is 11.6 Å². The van der Waals surface area contributed by atoms with Crippen molar-refractivity contribution in [2.75, 3.05) is 20.3 Å². The van der Waals surface area contributed by atoms with E-state index < -0.39 is 204 Å². The van der Waals surface area contributed by atoms with Crippen LogP contribution in [0.5, 0.6) is 0 Å². The Morgan fingerprint density at radius 1 is 0.495 bits per heavy atom. The quantitative estimate of drug-likeness (QED) is 0.0702. The fourth-order valence-electron chi connectivity index (χ4n) is 17.9. The van der Waals surface area contributed by atoms with Crippen LogP contribution in [0.4, 0.5) is 0 Å². The van der Waals surface area contributed by atoms with E-state index in [9.17, 15) is 43.2 Å². The third kappa shape index (κ3) is 14.1. The third-order valence-electron chi connectivity index (χ3n) is 21.7. The molecule has 4 saturated carbocycles. The Hall–Kier alpha value is -6.29. The molecule has 0 N–H and O–H groups in total. The van der Waals surface area contributed by atoms with Gasteiger partial charge in [-0.05, 0) is 111 Å². The summed E-state index contributed by atoms with van der Waals surface area (Å²) < 4.78 is 95.8. The van der Waals surface area contributed by atoms with Crippen molar-refractivity contribution in [1.29, 1.82) is 0 Å². The number of esters is 11. The molecule has 3 aliphatic heterocycles. The van der Waals surface area contributed by atoms with Gasteiger partial charge in [0.2, 0.25) is 12.4 Å². The van der Waals surface area contributed by atoms with Crippen LogP contribution in [0.2, 0.25) is 0 Å². The molecule has 3 saturated heterocycles. The maximum Gasteiger partial charge on any atom is 0.316 e. The van der Waals surface area contributed by atoms with E-state index in [0.29, 0.717) is 44.9 Å². The molecule has 93 heavy (non-hydrogen) atoms. The smallest absolute Gasteiger partial charge is 0.316 e. The number of allylic oxidation sites excluding steroid dienone is 1. The second kappa shape index (κ2) is 28.2. The number of methoxy groups -OCH3 is 1. The minimum absolute atomic E-state index is 0.0659. The van der Waals surface area contributed by atoms with Gasteiger partial charge < -0.3 is 75.8 Å². The Labute approximate surface area is 541 Å². The maximum atomic E-state index is 15.7. The summed E-state index contributed by atoms with van der Waals surface area (Å²) in [6, 6.07) is 0. The summed E-state index contributed by atoms with van der Waals surface area (Å²) in [6.45, 7) is 23.8. The van der Waals surface area contributed by atoms with Gasteiger partial charge in [0.05, 0.1) is 36.8 Å². The predicted molar refractivity (Wildman–Crippen MR) is 315 cm³/mol. The van der Waals surface area contributed by atoms with E-state index in [1.54, 1.807) is 6.92 Å². The number of fused-ring (bicyclic) bond motifs is 7. The van der Waals surface area contributed by atoms with Crippen molar-refractivity contribution >= 4 is 65.7 Å². The zero-order chi connectivity index (χ0) is 68.8. The number of hydrogen-bond donors (Lipinski definition) is 0. The molecule has 0 aromatic carbocycles. The van der Waals surface area contributed by atoms with Crippen molar-refractivity contribution in [1.82, 2.24) is 0 Å². The first kappa shape index (κ1) is 72.5. The minimum Gasteiger partial charge on any atom is -0.468 e. The normalized spacial score (nSPS) is 40.7. The van der Waals surface area contributed by atoms with Gasteiger partial charge in [-0.25, -0.2) is 0 Å². The number of ether oxygens (including phenoxy) is 16. The molecular formula is C66H94O27. The maximum absolute atomic E-state index is 15.7. The zero-order valence-corrected chi connectivity index (χ0v) is 56.4. The van der Waals surface area contributed by atoms with Gasteiger partial charge in [-0.15, -0.1) is 0 Å². The van der Waals surface area contributed by atoms with Crippen LogP contribution >= 0.6 is 0 Å². The first-order valence-electron chi connectivity index (χ1n) is 32.2. The molecule has 0 radical (unpaired) electrons. The summed E-state index contributed by atoms with van der Waals surface area (Å²) in [6.07, 6.45) is -14.7. The number of carbonyl (C=O) groups excluding carboxylic acids is 11. The summed E-state index contributed by atoms with van der Waals surface area (Å²) in [7, 11) is 1.39. The lowest BCUT2D eigenvalue weighted by Crippen LogP contribution is -2.69. The van der Waals surface area contributed by atoms with E-state index in [1.807, 2.05) is 0 Å². The summed E-state index contributed by atoms with van der Waals surface area (Å²) in [5, 5.41) is 0. The van der Waals surface area contributed by atoms with E-state index in [2.05, 4.69) is 47.6 Å². The highest BCUT2D eigenvalue weighted by Gasteiger charge is 2.74. The van der Waals surface area contributed by atoms with Crippen LogP contribution in [0.1, 0.15) is 169 Å². The molecule has 0 unspecified atom stereocenters. The standard InChI is InChI=1S/C66H94O27/c1-30-20-25-65(60(76)93-59-56(89-41(12)75)53(86-38(9)72)50(84-36(7)70)44(90-59)28-79-33(4)67)26-27-66(61(77)78-17)42(48(65)31(30)2)18-19-46-63(15)23-22-47(62(13,14)45(63)21-24-64(46,66)16)91-58-55(88-40(11)74)52(49(32(3)81-58)83-35(6)69)92-57-54(87-39(10)73)51(85-37(8)71)43(29-80-57)82-34(5)68/h18,30-32,43-59H,19-29H2,1-17H3/t30-,31+,32+,43-,44-,45+,46-,47+,48+,49+,50-,51+,52-,53+,54-,55-,56-,57+,58+,59+,63+,64-,65+,66-/m1/s1. The second-order valence-corrected chi connectivity index (χ2v) is 27.8. The molecule has 24 atom stereocenters. The first-order valence-corrected chi connectivity index (χ1v) is 32.2. The molecule has 8 aliphatic rings. The van der Waals surface area contributed by atoms with Crippen LogP contribution in [0, 0.1) is 56.7 Å². The largest absolute Gasteiger partial charge is 0.468 e. The predicted octanol–water partition coefficient (Wildman–Crippen LogP) is 5.95. The van der Waals surface area contributed by atoms with Crippen molar-refractivity contribution in [3.63, 3.8) is 0 Å². The molecule has 0 spiro atoms. The Morgan fingerprint density at radius 3 is 1.60 bits per heavy atom. The molecule has 27 nitrogen and oxygen atoms in total. The topological polar surface area (TPSA) is 335 Å². The number of hydrogen-bond acceptors (Lipinski definition) is 27. The fourth-order valence-corrected chi connectivity index (χ4v) is 17.9. The SMILES string of the molecule is COC(=O)[C@@]12CC[C@@]3(C(=O)O[C@@H]4O[C@H](COC(C)=O)[C@@H](OC(C)=O)[C@H](OC(C)=O)[C@H]4OC(C)=O)CC[C@@H](C)[C@H](C)[C@H]3C1=CC[C@@H]1[C@@]3(C)CC[C@H](O[C@@H]4O[C@@H](C)[C@H](OC(C)=O)[C@@H](O[C@@H]5OC[C@@H](OC(C)=O)[C@H](OC(C)=O)[C@H]5OC(C)=O)[C@H]4OC(C)=O)C(C)(C)[C@@H]3CC[C@]12C. The highest BCUT2D eigenvalue weighted by molar-refractivity contribution is 5.86. The molecule has 0 bridgehead atoms. The summed E-state index contributed by atoms with van der Waals surface area (Å²) >= 11 is 0. The Balaban J connectivity index is 1.12. The highest BCUT2D eigenvalue weighted by Crippen LogP contribution is 2.76. The van der Waals surface area contributed by atoms with Crippen LogP contribution < -0.4 is 0 Å². The number of rotatable bonds is 17.